The molecule has 2 nitrogen and oxygen atoms in total. The van der Waals surface area contributed by atoms with Crippen molar-refractivity contribution in [3.8, 4) is 5.69 Å². The number of aromatic nitrogens is 2. The van der Waals surface area contributed by atoms with Gasteiger partial charge >= 0.3 is 0 Å². The number of benzene rings is 2. The quantitative estimate of drug-likeness (QED) is 0.602. The second kappa shape index (κ2) is 5.58. The molecule has 0 bridgehead atoms. The predicted molar refractivity (Wildman–Crippen MR) is 87.7 cm³/mol. The third kappa shape index (κ3) is 2.36. The van der Waals surface area contributed by atoms with E-state index in [1.165, 1.54) is 5.56 Å². The fourth-order valence-corrected chi connectivity index (χ4v) is 2.92. The number of hydrogen-bond acceptors (Lipinski definition) is 1. The van der Waals surface area contributed by atoms with Gasteiger partial charge in [0.25, 0.3) is 0 Å². The Morgan fingerprint density at radius 3 is 2.80 bits per heavy atom. The Morgan fingerprint density at radius 2 is 2.05 bits per heavy atom. The fourth-order valence-electron chi connectivity index (χ4n) is 2.40. The van der Waals surface area contributed by atoms with Crippen molar-refractivity contribution in [3.05, 3.63) is 58.3 Å². The summed E-state index contributed by atoms with van der Waals surface area (Å²) >= 11 is 9.56. The summed E-state index contributed by atoms with van der Waals surface area (Å²) in [5.41, 5.74) is 4.46. The van der Waals surface area contributed by atoms with Gasteiger partial charge in [-0.25, -0.2) is 4.98 Å². The number of alkyl halides is 1. The van der Waals surface area contributed by atoms with Gasteiger partial charge < -0.3 is 0 Å². The minimum absolute atomic E-state index is 0.392. The zero-order valence-corrected chi connectivity index (χ0v) is 13.4. The molecule has 0 radical (unpaired) electrons. The molecular weight excluding hydrogens is 336 g/mol. The molecule has 1 heterocycles. The molecular formula is C16H14BrClN2. The van der Waals surface area contributed by atoms with Gasteiger partial charge in [0.15, 0.2) is 0 Å². The highest BCUT2D eigenvalue weighted by Crippen LogP contribution is 2.25. The second-order valence-corrected chi connectivity index (χ2v) is 5.84. The molecule has 0 fully saturated rings. The van der Waals surface area contributed by atoms with Gasteiger partial charge in [0.2, 0.25) is 0 Å². The molecule has 3 aromatic rings. The molecule has 0 unspecified atom stereocenters. The molecule has 0 saturated heterocycles. The predicted octanol–water partition coefficient (Wildman–Crippen LogP) is 5.09. The number of hydrogen-bond donors (Lipinski definition) is 0. The first kappa shape index (κ1) is 13.7. The van der Waals surface area contributed by atoms with Crippen LogP contribution in [0.3, 0.4) is 0 Å². The smallest absolute Gasteiger partial charge is 0.129 e. The Labute approximate surface area is 131 Å². The molecule has 2 aromatic carbocycles. The highest BCUT2D eigenvalue weighted by Gasteiger charge is 2.12. The van der Waals surface area contributed by atoms with Crippen molar-refractivity contribution in [1.82, 2.24) is 9.55 Å². The maximum Gasteiger partial charge on any atom is 0.129 e. The maximum absolute atomic E-state index is 6.07. The van der Waals surface area contributed by atoms with Crippen LogP contribution in [0.25, 0.3) is 16.7 Å². The molecule has 0 amide bonds. The SMILES string of the molecule is CCc1cccc(-n2c(CCl)nc3cc(Br)ccc32)c1. The van der Waals surface area contributed by atoms with Gasteiger partial charge in [-0.15, -0.1) is 11.6 Å². The summed E-state index contributed by atoms with van der Waals surface area (Å²) in [6.45, 7) is 2.16. The van der Waals surface area contributed by atoms with Crippen LogP contribution in [0, 0.1) is 0 Å². The second-order valence-electron chi connectivity index (χ2n) is 4.65. The summed E-state index contributed by atoms with van der Waals surface area (Å²) in [6.07, 6.45) is 1.02. The molecule has 102 valence electrons. The lowest BCUT2D eigenvalue weighted by Gasteiger charge is -2.09. The Balaban J connectivity index is 2.28. The van der Waals surface area contributed by atoms with Crippen LogP contribution in [0.15, 0.2) is 46.9 Å². The summed E-state index contributed by atoms with van der Waals surface area (Å²) in [7, 11) is 0. The summed E-state index contributed by atoms with van der Waals surface area (Å²) < 4.78 is 3.16. The largest absolute Gasteiger partial charge is 0.295 e. The van der Waals surface area contributed by atoms with E-state index < -0.39 is 0 Å². The van der Waals surface area contributed by atoms with Crippen LogP contribution in [0.2, 0.25) is 0 Å². The third-order valence-electron chi connectivity index (χ3n) is 3.38. The van der Waals surface area contributed by atoms with Gasteiger partial charge in [-0.05, 0) is 42.3 Å². The van der Waals surface area contributed by atoms with E-state index in [1.54, 1.807) is 0 Å². The van der Waals surface area contributed by atoms with Crippen LogP contribution < -0.4 is 0 Å². The van der Waals surface area contributed by atoms with Gasteiger partial charge in [-0.1, -0.05) is 35.0 Å². The molecule has 20 heavy (non-hydrogen) atoms. The van der Waals surface area contributed by atoms with E-state index in [0.29, 0.717) is 5.88 Å². The summed E-state index contributed by atoms with van der Waals surface area (Å²) in [4.78, 5) is 4.62. The van der Waals surface area contributed by atoms with Crippen LogP contribution in [-0.4, -0.2) is 9.55 Å². The lowest BCUT2D eigenvalue weighted by atomic mass is 10.1. The lowest BCUT2D eigenvalue weighted by molar-refractivity contribution is 0.975. The number of nitrogens with zero attached hydrogens (tertiary/aromatic N) is 2. The first-order chi connectivity index (χ1) is 9.72. The van der Waals surface area contributed by atoms with Crippen molar-refractivity contribution in [3.63, 3.8) is 0 Å². The van der Waals surface area contributed by atoms with Crippen molar-refractivity contribution in [2.24, 2.45) is 0 Å². The van der Waals surface area contributed by atoms with Crippen LogP contribution >= 0.6 is 27.5 Å². The number of fused-ring (bicyclic) bond motifs is 1. The standard InChI is InChI=1S/C16H14BrClN2/c1-2-11-4-3-5-13(8-11)20-15-7-6-12(17)9-14(15)19-16(20)10-18/h3-9H,2,10H2,1H3. The van der Waals surface area contributed by atoms with E-state index in [9.17, 15) is 0 Å². The van der Waals surface area contributed by atoms with Gasteiger partial charge in [0, 0.05) is 10.2 Å². The average Bonchev–Trinajstić information content (AvgIpc) is 2.84. The Hall–Kier alpha value is -1.32. The number of halogens is 2. The minimum Gasteiger partial charge on any atom is -0.295 e. The summed E-state index contributed by atoms with van der Waals surface area (Å²) in [5, 5.41) is 0. The zero-order valence-electron chi connectivity index (χ0n) is 11.1. The van der Waals surface area contributed by atoms with Gasteiger partial charge in [0.1, 0.15) is 5.82 Å². The van der Waals surface area contributed by atoms with Gasteiger partial charge in [-0.2, -0.15) is 0 Å². The summed E-state index contributed by atoms with van der Waals surface area (Å²) in [5.74, 6) is 1.26. The van der Waals surface area contributed by atoms with Crippen LogP contribution in [0.1, 0.15) is 18.3 Å². The molecule has 0 atom stereocenters. The molecule has 0 saturated carbocycles. The highest BCUT2D eigenvalue weighted by molar-refractivity contribution is 9.10. The molecule has 0 spiro atoms. The van der Waals surface area contributed by atoms with E-state index in [-0.39, 0.29) is 0 Å². The van der Waals surface area contributed by atoms with E-state index in [0.717, 1.165) is 33.4 Å². The maximum atomic E-state index is 6.07. The van der Waals surface area contributed by atoms with Crippen molar-refractivity contribution < 1.29 is 0 Å². The van der Waals surface area contributed by atoms with Crippen LogP contribution in [-0.2, 0) is 12.3 Å². The third-order valence-corrected chi connectivity index (χ3v) is 4.11. The van der Waals surface area contributed by atoms with Crippen LogP contribution in [0.4, 0.5) is 0 Å². The first-order valence-corrected chi connectivity index (χ1v) is 7.88. The Kier molecular flexibility index (Phi) is 3.81. The lowest BCUT2D eigenvalue weighted by Crippen LogP contribution is -1.99. The van der Waals surface area contributed by atoms with Crippen molar-refractivity contribution >= 4 is 38.6 Å². The van der Waals surface area contributed by atoms with Crippen molar-refractivity contribution in [2.45, 2.75) is 19.2 Å². The zero-order chi connectivity index (χ0) is 14.1. The number of aryl methyl sites for hydroxylation is 1. The van der Waals surface area contributed by atoms with Gasteiger partial charge in [0.05, 0.1) is 16.9 Å². The van der Waals surface area contributed by atoms with Gasteiger partial charge in [-0.3, -0.25) is 4.57 Å². The molecule has 0 aliphatic carbocycles. The van der Waals surface area contributed by atoms with Crippen LogP contribution in [0.5, 0.6) is 0 Å². The Morgan fingerprint density at radius 1 is 1.20 bits per heavy atom. The fraction of sp³-hybridized carbons (Fsp3) is 0.188. The molecule has 1 aromatic heterocycles. The normalized spacial score (nSPS) is 11.2. The van der Waals surface area contributed by atoms with Crippen molar-refractivity contribution in [1.29, 1.82) is 0 Å². The summed E-state index contributed by atoms with van der Waals surface area (Å²) in [6, 6.07) is 14.6. The topological polar surface area (TPSA) is 17.8 Å². The Bertz CT molecular complexity index is 764. The highest BCUT2D eigenvalue weighted by atomic mass is 79.9. The first-order valence-electron chi connectivity index (χ1n) is 6.55. The molecule has 0 N–H and O–H groups in total. The minimum atomic E-state index is 0.392. The average molecular weight is 350 g/mol. The molecule has 3 rings (SSSR count). The van der Waals surface area contributed by atoms with E-state index >= 15 is 0 Å². The monoisotopic (exact) mass is 348 g/mol. The van der Waals surface area contributed by atoms with E-state index in [4.69, 9.17) is 11.6 Å². The number of imidazole rings is 1. The van der Waals surface area contributed by atoms with E-state index in [1.807, 2.05) is 12.1 Å². The molecule has 0 aliphatic heterocycles. The molecule has 0 aliphatic rings. The number of rotatable bonds is 3. The van der Waals surface area contributed by atoms with Crippen molar-refractivity contribution in [2.75, 3.05) is 0 Å². The van der Waals surface area contributed by atoms with E-state index in [2.05, 4.69) is 62.7 Å². The molecule has 4 heteroatoms.